The largest absolute Gasteiger partial charge is 0.387 e. The molecule has 0 aliphatic carbocycles. The van der Waals surface area contributed by atoms with E-state index in [0.717, 1.165) is 22.4 Å². The molecule has 0 bridgehead atoms. The predicted octanol–water partition coefficient (Wildman–Crippen LogP) is 3.58. The van der Waals surface area contributed by atoms with Gasteiger partial charge in [-0.15, -0.1) is 0 Å². The maximum atomic E-state index is 12.8. The van der Waals surface area contributed by atoms with Gasteiger partial charge in [0.25, 0.3) is 0 Å². The average molecular weight is 239 g/mol. The number of hydrogen-bond acceptors (Lipinski definition) is 1. The first kappa shape index (κ1) is 12.2. The highest BCUT2D eigenvalue weighted by Gasteiger charge is 2.00. The number of benzene rings is 2. The summed E-state index contributed by atoms with van der Waals surface area (Å²) in [6.45, 7) is 2.02. The van der Waals surface area contributed by atoms with Gasteiger partial charge in [-0.1, -0.05) is 24.0 Å². The summed E-state index contributed by atoms with van der Waals surface area (Å²) in [5, 5.41) is 3.12. The van der Waals surface area contributed by atoms with E-state index in [1.165, 1.54) is 12.1 Å². The second-order valence-electron chi connectivity index (χ2n) is 4.00. The highest BCUT2D eigenvalue weighted by atomic mass is 19.1. The van der Waals surface area contributed by atoms with Crippen molar-refractivity contribution in [2.45, 2.75) is 6.92 Å². The van der Waals surface area contributed by atoms with Crippen molar-refractivity contribution in [3.05, 3.63) is 65.0 Å². The molecule has 0 saturated heterocycles. The lowest BCUT2D eigenvalue weighted by atomic mass is 10.1. The predicted molar refractivity (Wildman–Crippen MR) is 73.1 cm³/mol. The molecule has 18 heavy (non-hydrogen) atoms. The van der Waals surface area contributed by atoms with Gasteiger partial charge in [-0.05, 0) is 42.8 Å². The van der Waals surface area contributed by atoms with Crippen molar-refractivity contribution in [1.29, 1.82) is 0 Å². The maximum absolute atomic E-state index is 12.8. The summed E-state index contributed by atoms with van der Waals surface area (Å²) in [5.41, 5.74) is 3.91. The minimum absolute atomic E-state index is 0.243. The van der Waals surface area contributed by atoms with Gasteiger partial charge in [0, 0.05) is 18.3 Å². The van der Waals surface area contributed by atoms with Crippen LogP contribution < -0.4 is 5.32 Å². The number of hydrogen-bond donors (Lipinski definition) is 1. The Morgan fingerprint density at radius 1 is 1.00 bits per heavy atom. The first-order chi connectivity index (χ1) is 8.70. The van der Waals surface area contributed by atoms with Crippen molar-refractivity contribution in [2.24, 2.45) is 0 Å². The molecule has 0 radical (unpaired) electrons. The molecule has 0 spiro atoms. The third kappa shape index (κ3) is 2.70. The van der Waals surface area contributed by atoms with E-state index in [1.54, 1.807) is 12.1 Å². The van der Waals surface area contributed by atoms with Crippen LogP contribution in [0.25, 0.3) is 0 Å². The van der Waals surface area contributed by atoms with E-state index in [0.29, 0.717) is 0 Å². The van der Waals surface area contributed by atoms with Crippen LogP contribution in [-0.2, 0) is 0 Å². The molecule has 2 aromatic carbocycles. The molecule has 90 valence electrons. The lowest BCUT2D eigenvalue weighted by Crippen LogP contribution is -1.94. The first-order valence-corrected chi connectivity index (χ1v) is 5.75. The highest BCUT2D eigenvalue weighted by molar-refractivity contribution is 5.63. The van der Waals surface area contributed by atoms with Gasteiger partial charge < -0.3 is 5.32 Å². The van der Waals surface area contributed by atoms with E-state index in [4.69, 9.17) is 0 Å². The Hall–Kier alpha value is -2.27. The van der Waals surface area contributed by atoms with Crippen molar-refractivity contribution >= 4 is 5.69 Å². The molecule has 2 rings (SSSR count). The summed E-state index contributed by atoms with van der Waals surface area (Å²) in [6, 6.07) is 12.2. The molecule has 0 unspecified atom stereocenters. The lowest BCUT2D eigenvalue weighted by molar-refractivity contribution is 0.627. The summed E-state index contributed by atoms with van der Waals surface area (Å²) in [4.78, 5) is 0. The minimum atomic E-state index is -0.243. The number of rotatable bonds is 1. The van der Waals surface area contributed by atoms with Crippen LogP contribution in [-0.4, -0.2) is 7.05 Å². The standard InChI is InChI=1S/C16H14FN/c1-12-4-3-5-16(18-2)15(12)11-8-13-6-9-14(17)10-7-13/h3-7,9-10,18H,1-2H3. The van der Waals surface area contributed by atoms with E-state index in [2.05, 4.69) is 17.2 Å². The molecule has 0 saturated carbocycles. The Kier molecular flexibility index (Phi) is 3.64. The normalized spacial score (nSPS) is 9.50. The summed E-state index contributed by atoms with van der Waals surface area (Å²) in [6.07, 6.45) is 0. The van der Waals surface area contributed by atoms with Gasteiger partial charge in [0.05, 0.1) is 5.56 Å². The zero-order chi connectivity index (χ0) is 13.0. The van der Waals surface area contributed by atoms with Crippen molar-refractivity contribution in [2.75, 3.05) is 12.4 Å². The Bertz CT molecular complexity index is 603. The van der Waals surface area contributed by atoms with Crippen LogP contribution >= 0.6 is 0 Å². The highest BCUT2D eigenvalue weighted by Crippen LogP contribution is 2.17. The average Bonchev–Trinajstić information content (AvgIpc) is 2.39. The minimum Gasteiger partial charge on any atom is -0.387 e. The molecular formula is C16H14FN. The molecule has 0 aromatic heterocycles. The number of aryl methyl sites for hydroxylation is 1. The van der Waals surface area contributed by atoms with E-state index >= 15 is 0 Å². The molecule has 1 N–H and O–H groups in total. The number of anilines is 1. The van der Waals surface area contributed by atoms with Gasteiger partial charge in [-0.25, -0.2) is 4.39 Å². The Morgan fingerprint density at radius 3 is 2.39 bits per heavy atom. The third-order valence-corrected chi connectivity index (χ3v) is 2.72. The molecule has 0 aliphatic heterocycles. The van der Waals surface area contributed by atoms with Crippen LogP contribution in [0, 0.1) is 24.6 Å². The Labute approximate surface area is 107 Å². The molecule has 2 aromatic rings. The van der Waals surface area contributed by atoms with Crippen LogP contribution in [0.5, 0.6) is 0 Å². The van der Waals surface area contributed by atoms with Crippen LogP contribution in [0.3, 0.4) is 0 Å². The number of halogens is 1. The fourth-order valence-corrected chi connectivity index (χ4v) is 1.71. The molecule has 0 fully saturated rings. The monoisotopic (exact) mass is 239 g/mol. The van der Waals surface area contributed by atoms with Crippen LogP contribution in [0.4, 0.5) is 10.1 Å². The van der Waals surface area contributed by atoms with Gasteiger partial charge in [-0.2, -0.15) is 0 Å². The Morgan fingerprint density at radius 2 is 1.72 bits per heavy atom. The molecule has 2 heteroatoms. The van der Waals surface area contributed by atoms with Crippen LogP contribution in [0.1, 0.15) is 16.7 Å². The summed E-state index contributed by atoms with van der Waals surface area (Å²) >= 11 is 0. The first-order valence-electron chi connectivity index (χ1n) is 5.75. The summed E-state index contributed by atoms with van der Waals surface area (Å²) < 4.78 is 12.8. The van der Waals surface area contributed by atoms with Gasteiger partial charge in [0.2, 0.25) is 0 Å². The molecular weight excluding hydrogens is 225 g/mol. The van der Waals surface area contributed by atoms with E-state index in [9.17, 15) is 4.39 Å². The quantitative estimate of drug-likeness (QED) is 0.750. The van der Waals surface area contributed by atoms with Gasteiger partial charge in [0.1, 0.15) is 5.82 Å². The van der Waals surface area contributed by atoms with Crippen molar-refractivity contribution < 1.29 is 4.39 Å². The smallest absolute Gasteiger partial charge is 0.123 e. The summed E-state index contributed by atoms with van der Waals surface area (Å²) in [5.74, 6) is 5.94. The Balaban J connectivity index is 2.38. The van der Waals surface area contributed by atoms with Gasteiger partial charge in [0.15, 0.2) is 0 Å². The van der Waals surface area contributed by atoms with Crippen LogP contribution in [0.2, 0.25) is 0 Å². The molecule has 0 atom stereocenters. The van der Waals surface area contributed by atoms with Gasteiger partial charge in [-0.3, -0.25) is 0 Å². The van der Waals surface area contributed by atoms with E-state index in [-0.39, 0.29) is 5.82 Å². The van der Waals surface area contributed by atoms with Crippen molar-refractivity contribution in [3.63, 3.8) is 0 Å². The zero-order valence-electron chi connectivity index (χ0n) is 10.4. The second-order valence-corrected chi connectivity index (χ2v) is 4.00. The maximum Gasteiger partial charge on any atom is 0.123 e. The molecule has 1 nitrogen and oxygen atoms in total. The number of nitrogens with one attached hydrogen (secondary N) is 1. The van der Waals surface area contributed by atoms with Crippen molar-refractivity contribution in [1.82, 2.24) is 0 Å². The van der Waals surface area contributed by atoms with Crippen LogP contribution in [0.15, 0.2) is 42.5 Å². The fourth-order valence-electron chi connectivity index (χ4n) is 1.71. The molecule has 0 aliphatic rings. The second kappa shape index (κ2) is 5.37. The fraction of sp³-hybridized carbons (Fsp3) is 0.125. The van der Waals surface area contributed by atoms with E-state index < -0.39 is 0 Å². The van der Waals surface area contributed by atoms with E-state index in [1.807, 2.05) is 32.2 Å². The SMILES string of the molecule is CNc1cccc(C)c1C#Cc1ccc(F)cc1. The third-order valence-electron chi connectivity index (χ3n) is 2.72. The van der Waals surface area contributed by atoms with Crippen molar-refractivity contribution in [3.8, 4) is 11.8 Å². The molecule has 0 amide bonds. The van der Waals surface area contributed by atoms with Gasteiger partial charge >= 0.3 is 0 Å². The topological polar surface area (TPSA) is 12.0 Å². The summed E-state index contributed by atoms with van der Waals surface area (Å²) in [7, 11) is 1.87. The lowest BCUT2D eigenvalue weighted by Gasteiger charge is -2.05. The zero-order valence-corrected chi connectivity index (χ0v) is 10.4. The molecule has 0 heterocycles.